The van der Waals surface area contributed by atoms with E-state index >= 15 is 0 Å². The third-order valence-corrected chi connectivity index (χ3v) is 6.32. The molecule has 1 unspecified atom stereocenters. The number of sulfonamides is 1. The summed E-state index contributed by atoms with van der Waals surface area (Å²) in [6.45, 7) is 1.55. The number of carbonyl (C=O) groups excluding carboxylic acids is 2. The first-order valence-corrected chi connectivity index (χ1v) is 10.0. The van der Waals surface area contributed by atoms with E-state index in [4.69, 9.17) is 16.3 Å². The fraction of sp³-hybridized carbons (Fsp3) is 0.222. The van der Waals surface area contributed by atoms with Crippen LogP contribution in [0, 0.1) is 5.92 Å². The van der Waals surface area contributed by atoms with Gasteiger partial charge in [0.2, 0.25) is 15.9 Å². The summed E-state index contributed by atoms with van der Waals surface area (Å²) in [5.74, 6) is -1.40. The van der Waals surface area contributed by atoms with Crippen molar-refractivity contribution in [2.24, 2.45) is 5.92 Å². The van der Waals surface area contributed by atoms with E-state index in [-0.39, 0.29) is 22.0 Å². The van der Waals surface area contributed by atoms with Crippen LogP contribution in [0.2, 0.25) is 5.02 Å². The quantitative estimate of drug-likeness (QED) is 0.839. The van der Waals surface area contributed by atoms with Crippen molar-refractivity contribution in [1.82, 2.24) is 0 Å². The van der Waals surface area contributed by atoms with Crippen molar-refractivity contribution in [3.05, 3.63) is 53.1 Å². The number of carbonyl (C=O) groups is 2. The van der Waals surface area contributed by atoms with E-state index in [0.717, 1.165) is 4.31 Å². The number of benzene rings is 2. The first kappa shape index (κ1) is 19.2. The fourth-order valence-corrected chi connectivity index (χ4v) is 4.82. The van der Waals surface area contributed by atoms with Crippen LogP contribution in [0.5, 0.6) is 5.75 Å². The predicted octanol–water partition coefficient (Wildman–Crippen LogP) is 2.91. The van der Waals surface area contributed by atoms with E-state index in [1.807, 2.05) is 0 Å². The van der Waals surface area contributed by atoms with Gasteiger partial charge in [-0.1, -0.05) is 24.6 Å². The third kappa shape index (κ3) is 3.77. The van der Waals surface area contributed by atoms with E-state index < -0.39 is 27.8 Å². The Morgan fingerprint density at radius 3 is 2.63 bits per heavy atom. The van der Waals surface area contributed by atoms with E-state index in [1.54, 1.807) is 31.2 Å². The highest BCUT2D eigenvalue weighted by molar-refractivity contribution is 7.94. The summed E-state index contributed by atoms with van der Waals surface area (Å²) in [5, 5.41) is 2.81. The molecule has 0 aromatic heterocycles. The van der Waals surface area contributed by atoms with Crippen molar-refractivity contribution in [3.63, 3.8) is 0 Å². The van der Waals surface area contributed by atoms with Crippen molar-refractivity contribution in [1.29, 1.82) is 0 Å². The van der Waals surface area contributed by atoms with Gasteiger partial charge in [0.15, 0.2) is 0 Å². The molecule has 1 fully saturated rings. The minimum Gasteiger partial charge on any atom is -0.497 e. The van der Waals surface area contributed by atoms with Crippen molar-refractivity contribution in [2.45, 2.75) is 6.92 Å². The monoisotopic (exact) mass is 408 g/mol. The molecule has 0 saturated carbocycles. The molecule has 1 aliphatic heterocycles. The number of methoxy groups -OCH3 is 1. The molecule has 1 saturated heterocycles. The molecule has 0 spiro atoms. The molecule has 1 heterocycles. The second kappa shape index (κ2) is 7.21. The minimum atomic E-state index is -3.77. The molecule has 1 aliphatic rings. The molecule has 2 aromatic rings. The lowest BCUT2D eigenvalue weighted by Gasteiger charge is -2.17. The number of amides is 2. The third-order valence-electron chi connectivity index (χ3n) is 4.12. The molecule has 9 heteroatoms. The molecule has 3 rings (SSSR count). The Labute approximate surface area is 161 Å². The summed E-state index contributed by atoms with van der Waals surface area (Å²) in [6.07, 6.45) is 0. The lowest BCUT2D eigenvalue weighted by Crippen LogP contribution is -2.30. The van der Waals surface area contributed by atoms with Gasteiger partial charge in [-0.2, -0.15) is 0 Å². The maximum atomic E-state index is 12.6. The van der Waals surface area contributed by atoms with Gasteiger partial charge in [0.25, 0.3) is 5.91 Å². The Morgan fingerprint density at radius 1 is 1.26 bits per heavy atom. The van der Waals surface area contributed by atoms with Crippen molar-refractivity contribution < 1.29 is 22.7 Å². The van der Waals surface area contributed by atoms with E-state index in [9.17, 15) is 18.0 Å². The highest BCUT2D eigenvalue weighted by Crippen LogP contribution is 2.31. The van der Waals surface area contributed by atoms with Gasteiger partial charge in [0, 0.05) is 11.8 Å². The van der Waals surface area contributed by atoms with Crippen LogP contribution in [-0.2, 0) is 14.8 Å². The first-order chi connectivity index (χ1) is 12.7. The van der Waals surface area contributed by atoms with Crippen LogP contribution in [0.1, 0.15) is 17.3 Å². The lowest BCUT2D eigenvalue weighted by atomic mass is 10.1. The number of rotatable bonds is 4. The molecule has 0 aliphatic carbocycles. The second-order valence-corrected chi connectivity index (χ2v) is 8.40. The van der Waals surface area contributed by atoms with Gasteiger partial charge in [-0.25, -0.2) is 12.7 Å². The average molecular weight is 409 g/mol. The normalized spacial score (nSPS) is 18.4. The number of halogens is 1. The number of hydrogen-bond donors (Lipinski definition) is 1. The van der Waals surface area contributed by atoms with E-state index in [1.165, 1.54) is 25.3 Å². The van der Waals surface area contributed by atoms with Crippen LogP contribution in [-0.4, -0.2) is 33.1 Å². The smallest absolute Gasteiger partial charge is 0.257 e. The summed E-state index contributed by atoms with van der Waals surface area (Å²) in [5.41, 5.74) is 0.628. The molecule has 0 radical (unpaired) electrons. The molecule has 27 heavy (non-hydrogen) atoms. The fourth-order valence-electron chi connectivity index (χ4n) is 2.80. The van der Waals surface area contributed by atoms with Gasteiger partial charge < -0.3 is 10.1 Å². The molecule has 2 aromatic carbocycles. The largest absolute Gasteiger partial charge is 0.497 e. The molecule has 1 atom stereocenters. The van der Waals surface area contributed by atoms with Gasteiger partial charge in [-0.3, -0.25) is 9.59 Å². The van der Waals surface area contributed by atoms with Crippen LogP contribution in [0.15, 0.2) is 42.5 Å². The molecular formula is C18H17ClN2O5S. The number of ether oxygens (including phenoxy) is 1. The summed E-state index contributed by atoms with van der Waals surface area (Å²) < 4.78 is 30.4. The number of hydrogen-bond acceptors (Lipinski definition) is 5. The summed E-state index contributed by atoms with van der Waals surface area (Å²) in [7, 11) is -2.26. The molecule has 0 bridgehead atoms. The molecule has 1 N–H and O–H groups in total. The van der Waals surface area contributed by atoms with Crippen LogP contribution in [0.4, 0.5) is 11.4 Å². The van der Waals surface area contributed by atoms with Crippen molar-refractivity contribution in [3.8, 4) is 5.75 Å². The topological polar surface area (TPSA) is 92.8 Å². The zero-order valence-corrected chi connectivity index (χ0v) is 16.2. The maximum absolute atomic E-state index is 12.6. The SMILES string of the molecule is COc1cccc(NC(=O)c2cc(N3C(=O)C(C)CS3(=O)=O)ccc2Cl)c1. The Hall–Kier alpha value is -2.58. The van der Waals surface area contributed by atoms with Gasteiger partial charge in [0.1, 0.15) is 5.75 Å². The molecule has 7 nitrogen and oxygen atoms in total. The zero-order chi connectivity index (χ0) is 19.8. The second-order valence-electron chi connectivity index (χ2n) is 6.13. The minimum absolute atomic E-state index is 0.0551. The highest BCUT2D eigenvalue weighted by atomic mass is 35.5. The highest BCUT2D eigenvalue weighted by Gasteiger charge is 2.42. The summed E-state index contributed by atoms with van der Waals surface area (Å²) in [4.78, 5) is 24.9. The van der Waals surface area contributed by atoms with E-state index in [0.29, 0.717) is 11.4 Å². The van der Waals surface area contributed by atoms with Crippen LogP contribution < -0.4 is 14.4 Å². The van der Waals surface area contributed by atoms with Crippen molar-refractivity contribution >= 4 is 44.8 Å². The standard InChI is InChI=1S/C18H17ClN2O5S/c1-11-10-27(24,25)21(18(11)23)13-6-7-16(19)15(9-13)17(22)20-12-4-3-5-14(8-12)26-2/h3-9,11H,10H2,1-2H3,(H,20,22). The van der Waals surface area contributed by atoms with Gasteiger partial charge in [-0.15, -0.1) is 0 Å². The van der Waals surface area contributed by atoms with Gasteiger partial charge in [-0.05, 0) is 30.3 Å². The summed E-state index contributed by atoms with van der Waals surface area (Å²) in [6, 6.07) is 10.8. The predicted molar refractivity (Wildman–Crippen MR) is 103 cm³/mol. The van der Waals surface area contributed by atoms with Gasteiger partial charge >= 0.3 is 0 Å². The van der Waals surface area contributed by atoms with Crippen LogP contribution in [0.25, 0.3) is 0 Å². The lowest BCUT2D eigenvalue weighted by molar-refractivity contribution is -0.119. The maximum Gasteiger partial charge on any atom is 0.257 e. The first-order valence-electron chi connectivity index (χ1n) is 8.05. The molecule has 2 amide bonds. The molecule has 142 valence electrons. The average Bonchev–Trinajstić information content (AvgIpc) is 2.83. The Balaban J connectivity index is 1.94. The summed E-state index contributed by atoms with van der Waals surface area (Å²) >= 11 is 6.12. The number of anilines is 2. The van der Waals surface area contributed by atoms with Crippen LogP contribution >= 0.6 is 11.6 Å². The van der Waals surface area contributed by atoms with E-state index in [2.05, 4.69) is 5.32 Å². The van der Waals surface area contributed by atoms with Crippen LogP contribution in [0.3, 0.4) is 0 Å². The zero-order valence-electron chi connectivity index (χ0n) is 14.6. The Morgan fingerprint density at radius 2 is 2.00 bits per heavy atom. The Kier molecular flexibility index (Phi) is 5.12. The number of nitrogens with zero attached hydrogens (tertiary/aromatic N) is 1. The van der Waals surface area contributed by atoms with Gasteiger partial charge in [0.05, 0.1) is 35.1 Å². The molecular weight excluding hydrogens is 392 g/mol. The Bertz CT molecular complexity index is 1020. The van der Waals surface area contributed by atoms with Crippen molar-refractivity contribution in [2.75, 3.05) is 22.5 Å². The number of nitrogens with one attached hydrogen (secondary N) is 1.